The number of halogens is 1. The number of morpholine rings is 1. The van der Waals surface area contributed by atoms with Gasteiger partial charge in [-0.25, -0.2) is 4.39 Å². The van der Waals surface area contributed by atoms with Crippen molar-refractivity contribution in [1.82, 2.24) is 9.80 Å². The van der Waals surface area contributed by atoms with Crippen LogP contribution in [0.15, 0.2) is 24.3 Å². The Morgan fingerprint density at radius 3 is 2.57 bits per heavy atom. The topological polar surface area (TPSA) is 53.1 Å². The Morgan fingerprint density at radius 1 is 1.14 bits per heavy atom. The molecular formula is C21H28FN3O3. The molecule has 3 fully saturated rings. The fraction of sp³-hybridized carbons (Fsp3) is 0.619. The van der Waals surface area contributed by atoms with Crippen LogP contribution in [-0.4, -0.2) is 73.6 Å². The first-order valence-corrected chi connectivity index (χ1v) is 10.1. The van der Waals surface area contributed by atoms with Crippen molar-refractivity contribution in [2.45, 2.75) is 31.3 Å². The Bertz CT molecular complexity index is 733. The zero-order valence-electron chi connectivity index (χ0n) is 16.4. The summed E-state index contributed by atoms with van der Waals surface area (Å²) in [6.07, 6.45) is 3.48. The molecule has 3 heterocycles. The molecule has 6 nitrogen and oxygen atoms in total. The lowest BCUT2D eigenvalue weighted by molar-refractivity contribution is -0.156. The third kappa shape index (κ3) is 3.91. The molecule has 3 aliphatic rings. The number of piperidine rings is 2. The molecule has 0 saturated carbocycles. The maximum absolute atomic E-state index is 13.3. The third-order valence-electron chi connectivity index (χ3n) is 6.31. The van der Waals surface area contributed by atoms with Gasteiger partial charge in [-0.2, -0.15) is 0 Å². The van der Waals surface area contributed by atoms with Crippen LogP contribution in [0.1, 0.15) is 25.7 Å². The lowest BCUT2D eigenvalue weighted by Crippen LogP contribution is -2.62. The lowest BCUT2D eigenvalue weighted by Gasteiger charge is -2.48. The van der Waals surface area contributed by atoms with Crippen molar-refractivity contribution in [3.8, 4) is 0 Å². The van der Waals surface area contributed by atoms with Crippen LogP contribution in [0.3, 0.4) is 0 Å². The SMILES string of the molecule is CN1CCC(C(=O)N2CCCC3(C2)CN(c2ccc(F)cc2)C(=O)CO3)CC1. The summed E-state index contributed by atoms with van der Waals surface area (Å²) in [7, 11) is 2.09. The van der Waals surface area contributed by atoms with Crippen LogP contribution in [-0.2, 0) is 14.3 Å². The normalized spacial score (nSPS) is 27.4. The van der Waals surface area contributed by atoms with E-state index in [1.165, 1.54) is 12.1 Å². The summed E-state index contributed by atoms with van der Waals surface area (Å²) in [5.74, 6) is -0.145. The Balaban J connectivity index is 1.47. The van der Waals surface area contributed by atoms with Crippen molar-refractivity contribution < 1.29 is 18.7 Å². The molecule has 1 aromatic carbocycles. The van der Waals surface area contributed by atoms with E-state index < -0.39 is 5.60 Å². The summed E-state index contributed by atoms with van der Waals surface area (Å²) in [6, 6.07) is 5.97. The van der Waals surface area contributed by atoms with Gasteiger partial charge >= 0.3 is 0 Å². The highest BCUT2D eigenvalue weighted by atomic mass is 19.1. The number of rotatable bonds is 2. The second-order valence-electron chi connectivity index (χ2n) is 8.37. The number of amides is 2. The molecule has 1 aromatic rings. The van der Waals surface area contributed by atoms with Gasteiger partial charge in [0.1, 0.15) is 18.0 Å². The van der Waals surface area contributed by atoms with E-state index in [4.69, 9.17) is 4.74 Å². The van der Waals surface area contributed by atoms with Crippen molar-refractivity contribution in [2.75, 3.05) is 51.3 Å². The molecule has 1 unspecified atom stereocenters. The van der Waals surface area contributed by atoms with Gasteiger partial charge in [0, 0.05) is 18.2 Å². The summed E-state index contributed by atoms with van der Waals surface area (Å²) in [5, 5.41) is 0. The predicted molar refractivity (Wildman–Crippen MR) is 103 cm³/mol. The van der Waals surface area contributed by atoms with Crippen molar-refractivity contribution in [2.24, 2.45) is 5.92 Å². The number of ether oxygens (including phenoxy) is 1. The van der Waals surface area contributed by atoms with Crippen LogP contribution in [0.2, 0.25) is 0 Å². The van der Waals surface area contributed by atoms with Crippen molar-refractivity contribution in [3.05, 3.63) is 30.1 Å². The highest BCUT2D eigenvalue weighted by molar-refractivity contribution is 5.95. The Kier molecular flexibility index (Phi) is 5.38. The number of carbonyl (C=O) groups excluding carboxylic acids is 2. The second-order valence-corrected chi connectivity index (χ2v) is 8.37. The second kappa shape index (κ2) is 7.79. The number of benzene rings is 1. The van der Waals surface area contributed by atoms with E-state index in [2.05, 4.69) is 11.9 Å². The molecule has 152 valence electrons. The minimum absolute atomic E-state index is 0.00632. The van der Waals surface area contributed by atoms with Gasteiger partial charge in [0.2, 0.25) is 5.91 Å². The van der Waals surface area contributed by atoms with Gasteiger partial charge in [0.05, 0.1) is 13.1 Å². The zero-order valence-corrected chi connectivity index (χ0v) is 16.4. The monoisotopic (exact) mass is 389 g/mol. The van der Waals surface area contributed by atoms with E-state index in [0.717, 1.165) is 45.3 Å². The summed E-state index contributed by atoms with van der Waals surface area (Å²) in [4.78, 5) is 31.4. The van der Waals surface area contributed by atoms with Crippen LogP contribution < -0.4 is 4.90 Å². The maximum atomic E-state index is 13.3. The zero-order chi connectivity index (χ0) is 19.7. The standard InChI is InChI=1S/C21H28FN3O3/c1-23-11-7-16(8-12-23)20(27)24-10-2-9-21(14-24)15-25(19(26)13-28-21)18-5-3-17(22)4-6-18/h3-6,16H,2,7-15H2,1H3. The average Bonchev–Trinajstić information content (AvgIpc) is 2.71. The minimum Gasteiger partial charge on any atom is -0.361 e. The van der Waals surface area contributed by atoms with E-state index in [1.54, 1.807) is 17.0 Å². The molecule has 7 heteroatoms. The van der Waals surface area contributed by atoms with E-state index in [1.807, 2.05) is 4.90 Å². The van der Waals surface area contributed by atoms with E-state index in [9.17, 15) is 14.0 Å². The largest absolute Gasteiger partial charge is 0.361 e. The first-order valence-electron chi connectivity index (χ1n) is 10.1. The Labute approximate surface area is 165 Å². The van der Waals surface area contributed by atoms with E-state index in [0.29, 0.717) is 18.8 Å². The number of carbonyl (C=O) groups is 2. The Hall–Kier alpha value is -1.99. The molecule has 0 N–H and O–H groups in total. The molecule has 28 heavy (non-hydrogen) atoms. The fourth-order valence-corrected chi connectivity index (χ4v) is 4.62. The van der Waals surface area contributed by atoms with Crippen molar-refractivity contribution in [3.63, 3.8) is 0 Å². The van der Waals surface area contributed by atoms with Crippen LogP contribution in [0, 0.1) is 11.7 Å². The molecule has 3 saturated heterocycles. The predicted octanol–water partition coefficient (Wildman–Crippen LogP) is 1.89. The quantitative estimate of drug-likeness (QED) is 0.775. The molecule has 0 aromatic heterocycles. The van der Waals surface area contributed by atoms with Crippen molar-refractivity contribution in [1.29, 1.82) is 0 Å². The molecule has 1 spiro atoms. The summed E-state index contributed by atoms with van der Waals surface area (Å²) in [5.41, 5.74) is 0.134. The number of nitrogens with zero attached hydrogens (tertiary/aromatic N) is 3. The van der Waals surface area contributed by atoms with Crippen molar-refractivity contribution >= 4 is 17.5 Å². The average molecular weight is 389 g/mol. The maximum Gasteiger partial charge on any atom is 0.253 e. The highest BCUT2D eigenvalue weighted by Gasteiger charge is 2.45. The highest BCUT2D eigenvalue weighted by Crippen LogP contribution is 2.33. The molecule has 4 rings (SSSR count). The smallest absolute Gasteiger partial charge is 0.253 e. The van der Waals surface area contributed by atoms with Crippen LogP contribution in [0.25, 0.3) is 0 Å². The minimum atomic E-state index is -0.540. The number of hydrogen-bond donors (Lipinski definition) is 0. The van der Waals surface area contributed by atoms with E-state index >= 15 is 0 Å². The van der Waals surface area contributed by atoms with Gasteiger partial charge in [-0.05, 0) is 70.1 Å². The van der Waals surface area contributed by atoms with Gasteiger partial charge in [-0.3, -0.25) is 9.59 Å². The Morgan fingerprint density at radius 2 is 1.86 bits per heavy atom. The van der Waals surface area contributed by atoms with Crippen LogP contribution in [0.4, 0.5) is 10.1 Å². The summed E-state index contributed by atoms with van der Waals surface area (Å²) >= 11 is 0. The summed E-state index contributed by atoms with van der Waals surface area (Å²) in [6.45, 7) is 3.57. The molecule has 0 aliphatic carbocycles. The molecular weight excluding hydrogens is 361 g/mol. The number of anilines is 1. The number of hydrogen-bond acceptors (Lipinski definition) is 4. The van der Waals surface area contributed by atoms with E-state index in [-0.39, 0.29) is 30.2 Å². The first-order chi connectivity index (χ1) is 13.5. The van der Waals surface area contributed by atoms with Gasteiger partial charge in [0.25, 0.3) is 5.91 Å². The molecule has 2 amide bonds. The van der Waals surface area contributed by atoms with Gasteiger partial charge in [0.15, 0.2) is 0 Å². The van der Waals surface area contributed by atoms with Gasteiger partial charge in [-0.15, -0.1) is 0 Å². The van der Waals surface area contributed by atoms with Gasteiger partial charge < -0.3 is 19.4 Å². The lowest BCUT2D eigenvalue weighted by atomic mass is 9.88. The van der Waals surface area contributed by atoms with Crippen LogP contribution >= 0.6 is 0 Å². The molecule has 3 aliphatic heterocycles. The molecule has 0 bridgehead atoms. The third-order valence-corrected chi connectivity index (χ3v) is 6.31. The molecule has 0 radical (unpaired) electrons. The summed E-state index contributed by atoms with van der Waals surface area (Å²) < 4.78 is 19.3. The first kappa shape index (κ1) is 19.3. The van der Waals surface area contributed by atoms with Crippen LogP contribution in [0.5, 0.6) is 0 Å². The molecule has 1 atom stereocenters. The van der Waals surface area contributed by atoms with Gasteiger partial charge in [-0.1, -0.05) is 0 Å². The fourth-order valence-electron chi connectivity index (χ4n) is 4.62. The number of likely N-dealkylation sites (tertiary alicyclic amines) is 2.